The lowest BCUT2D eigenvalue weighted by atomic mass is 10.2. The third-order valence-electron chi connectivity index (χ3n) is 1.24. The van der Waals surface area contributed by atoms with Crippen molar-refractivity contribution >= 4 is 30.5 Å². The van der Waals surface area contributed by atoms with E-state index >= 15 is 0 Å². The van der Waals surface area contributed by atoms with Gasteiger partial charge in [0.05, 0.1) is 0 Å². The van der Waals surface area contributed by atoms with Gasteiger partial charge >= 0.3 is 0 Å². The molecule has 0 fully saturated rings. The van der Waals surface area contributed by atoms with Crippen LogP contribution in [-0.4, -0.2) is 9.79 Å². The van der Waals surface area contributed by atoms with E-state index in [0.717, 1.165) is 5.57 Å². The fraction of sp³-hybridized carbons (Fsp3) is 0.250. The van der Waals surface area contributed by atoms with Gasteiger partial charge < -0.3 is 0 Å². The summed E-state index contributed by atoms with van der Waals surface area (Å²) in [6.45, 7) is 3.72. The molecule has 0 unspecified atom stereocenters. The van der Waals surface area contributed by atoms with Crippen LogP contribution in [-0.2, 0) is 4.79 Å². The lowest BCUT2D eigenvalue weighted by Gasteiger charge is -1.98. The van der Waals surface area contributed by atoms with Crippen LogP contribution in [0.2, 0.25) is 0 Å². The molecule has 54 valence electrons. The van der Waals surface area contributed by atoms with E-state index in [1.165, 1.54) is 3.58 Å². The van der Waals surface area contributed by atoms with E-state index in [1.807, 2.05) is 12.2 Å². The van der Waals surface area contributed by atoms with Crippen molar-refractivity contribution in [3.05, 3.63) is 21.3 Å². The monoisotopic (exact) mass is 248 g/mol. The van der Waals surface area contributed by atoms with Crippen molar-refractivity contribution in [2.45, 2.75) is 13.8 Å². The zero-order chi connectivity index (χ0) is 7.56. The van der Waals surface area contributed by atoms with Crippen molar-refractivity contribution < 1.29 is 4.79 Å². The lowest BCUT2D eigenvalue weighted by molar-refractivity contribution is -0.113. The molecule has 0 aromatic rings. The quantitative estimate of drug-likeness (QED) is 0.650. The summed E-state index contributed by atoms with van der Waals surface area (Å²) in [6, 6.07) is 0. The lowest BCUT2D eigenvalue weighted by Crippen LogP contribution is -1.97. The summed E-state index contributed by atoms with van der Waals surface area (Å²) in [4.78, 5) is 10.8. The first-order valence-corrected chi connectivity index (χ1v) is 5.39. The predicted octanol–water partition coefficient (Wildman–Crippen LogP) is 2.19. The van der Waals surface area contributed by atoms with Gasteiger partial charge in [-0.1, -0.05) is 32.9 Å². The second-order valence-corrected chi connectivity index (χ2v) is 5.10. The molecule has 0 aromatic heterocycles. The van der Waals surface area contributed by atoms with Gasteiger partial charge in [0.2, 0.25) is 0 Å². The van der Waals surface area contributed by atoms with E-state index in [4.69, 9.17) is 0 Å². The number of carbonyl (C=O) groups excluding carboxylic acids is 1. The van der Waals surface area contributed by atoms with Crippen molar-refractivity contribution in [2.24, 2.45) is 0 Å². The van der Waals surface area contributed by atoms with E-state index in [0.29, 0.717) is 0 Å². The Morgan fingerprint density at radius 3 is 2.60 bits per heavy atom. The number of hydrogen-bond donors (Lipinski definition) is 0. The molecule has 0 saturated heterocycles. The molecular formula is C8H9IO. The molecule has 0 spiro atoms. The summed E-state index contributed by atoms with van der Waals surface area (Å²) in [7, 11) is 0. The fourth-order valence-corrected chi connectivity index (χ4v) is 2.48. The summed E-state index contributed by atoms with van der Waals surface area (Å²) in [6.07, 6.45) is 3.95. The number of ketones is 1. The first kappa shape index (κ1) is 7.85. The highest BCUT2D eigenvalue weighted by Gasteiger charge is 2.00. The minimum Gasteiger partial charge on any atom is -0.294 e. The normalized spacial score (nSPS) is 17.0. The highest BCUT2D eigenvalue weighted by atomic mass is 127. The second kappa shape index (κ2) is 3.23. The summed E-state index contributed by atoms with van der Waals surface area (Å²) < 4.78 is 3.50. The highest BCUT2D eigenvalue weighted by molar-refractivity contribution is 14.2. The molecule has 2 heteroatoms. The maximum atomic E-state index is 10.8. The summed E-state index contributed by atoms with van der Waals surface area (Å²) in [5.74, 6) is 0.184. The van der Waals surface area contributed by atoms with Gasteiger partial charge in [0.1, 0.15) is 0 Å². The van der Waals surface area contributed by atoms with E-state index in [9.17, 15) is 4.79 Å². The van der Waals surface area contributed by atoms with Crippen LogP contribution in [0.25, 0.3) is 0 Å². The minimum atomic E-state index is 0.0252. The van der Waals surface area contributed by atoms with Crippen molar-refractivity contribution in [1.29, 1.82) is 0 Å². The molecule has 1 rings (SSSR count). The van der Waals surface area contributed by atoms with Crippen molar-refractivity contribution in [1.82, 2.24) is 0 Å². The molecule has 1 aliphatic heterocycles. The van der Waals surface area contributed by atoms with Gasteiger partial charge in [-0.25, -0.2) is 0 Å². The average molecular weight is 248 g/mol. The molecule has 0 N–H and O–H groups in total. The molecule has 0 bridgehead atoms. The Bertz CT molecular complexity index is 246. The standard InChI is InChI=1S/C8H9IO/c1-6-3-4-8(5-9-6)7(2)10/h3-5H,1-2H3. The molecule has 0 aliphatic carbocycles. The minimum absolute atomic E-state index is 0.0252. The summed E-state index contributed by atoms with van der Waals surface area (Å²) in [5.41, 5.74) is 0.887. The number of Topliss-reactive ketones (excluding diaryl/α,β-unsaturated/α-hetero) is 1. The van der Waals surface area contributed by atoms with Gasteiger partial charge in [0.15, 0.2) is 5.78 Å². The van der Waals surface area contributed by atoms with Crippen LogP contribution < -0.4 is 0 Å². The maximum Gasteiger partial charge on any atom is 0.160 e. The average Bonchev–Trinajstić information content (AvgIpc) is 1.88. The van der Waals surface area contributed by atoms with Gasteiger partial charge in [0.25, 0.3) is 0 Å². The van der Waals surface area contributed by atoms with Crippen molar-refractivity contribution in [2.75, 3.05) is 0 Å². The molecule has 10 heavy (non-hydrogen) atoms. The number of carbonyl (C=O) groups is 1. The molecule has 1 aliphatic rings. The Hall–Kier alpha value is -0.250. The Labute approximate surface area is 70.6 Å². The Balaban J connectivity index is 2.88. The summed E-state index contributed by atoms with van der Waals surface area (Å²) >= 11 is 0.0252. The van der Waals surface area contributed by atoms with Gasteiger partial charge in [0, 0.05) is 5.57 Å². The fourth-order valence-electron chi connectivity index (χ4n) is 0.616. The molecule has 0 radical (unpaired) electrons. The van der Waals surface area contributed by atoms with E-state index in [2.05, 4.69) is 10.9 Å². The van der Waals surface area contributed by atoms with Crippen molar-refractivity contribution in [3.63, 3.8) is 0 Å². The largest absolute Gasteiger partial charge is 0.294 e. The van der Waals surface area contributed by atoms with Crippen LogP contribution in [0.5, 0.6) is 0 Å². The number of halogens is 1. The first-order chi connectivity index (χ1) is 4.70. The third kappa shape index (κ3) is 1.87. The zero-order valence-corrected chi connectivity index (χ0v) is 8.18. The van der Waals surface area contributed by atoms with Gasteiger partial charge in [-0.3, -0.25) is 4.79 Å². The van der Waals surface area contributed by atoms with Gasteiger partial charge in [-0.2, -0.15) is 0 Å². The van der Waals surface area contributed by atoms with Crippen LogP contribution in [0.1, 0.15) is 13.8 Å². The van der Waals surface area contributed by atoms with E-state index in [1.54, 1.807) is 6.92 Å². The smallest absolute Gasteiger partial charge is 0.160 e. The number of rotatable bonds is 1. The second-order valence-electron chi connectivity index (χ2n) is 2.15. The third-order valence-corrected chi connectivity index (χ3v) is 3.57. The van der Waals surface area contributed by atoms with Crippen LogP contribution in [0.4, 0.5) is 0 Å². The zero-order valence-electron chi connectivity index (χ0n) is 6.02. The highest BCUT2D eigenvalue weighted by Crippen LogP contribution is 2.18. The Morgan fingerprint density at radius 1 is 1.50 bits per heavy atom. The van der Waals surface area contributed by atoms with Gasteiger partial charge in [-0.05, 0) is 21.4 Å². The maximum absolute atomic E-state index is 10.8. The summed E-state index contributed by atoms with van der Waals surface area (Å²) in [5, 5.41) is 0. The van der Waals surface area contributed by atoms with E-state index in [-0.39, 0.29) is 26.5 Å². The van der Waals surface area contributed by atoms with Crippen LogP contribution >= 0.6 is 20.7 Å². The molecule has 0 atom stereocenters. The van der Waals surface area contributed by atoms with Gasteiger partial charge in [-0.15, -0.1) is 0 Å². The SMILES string of the molecule is CC(=O)C1=CC=C(C)I=C1. The topological polar surface area (TPSA) is 17.1 Å². The Kier molecular flexibility index (Phi) is 2.54. The van der Waals surface area contributed by atoms with E-state index < -0.39 is 0 Å². The molecule has 0 saturated carbocycles. The van der Waals surface area contributed by atoms with Crippen LogP contribution in [0.15, 0.2) is 21.3 Å². The molecule has 0 aromatic carbocycles. The molecule has 1 nitrogen and oxygen atoms in total. The first-order valence-electron chi connectivity index (χ1n) is 3.06. The van der Waals surface area contributed by atoms with Crippen molar-refractivity contribution in [3.8, 4) is 0 Å². The number of hydrogen-bond acceptors (Lipinski definition) is 1. The predicted molar refractivity (Wildman–Crippen MR) is 52.6 cm³/mol. The van der Waals surface area contributed by atoms with Crippen LogP contribution in [0.3, 0.4) is 0 Å². The number of allylic oxidation sites excluding steroid dienone is 4. The molecule has 0 amide bonds. The molecular weight excluding hydrogens is 239 g/mol. The molecule has 1 heterocycles. The van der Waals surface area contributed by atoms with Crippen LogP contribution in [0, 0.1) is 0 Å². The Morgan fingerprint density at radius 2 is 2.20 bits per heavy atom.